The molecule has 0 aliphatic carbocycles. The third-order valence-corrected chi connectivity index (χ3v) is 4.11. The Kier molecular flexibility index (Phi) is 5.44. The maximum absolute atomic E-state index is 11.4. The van der Waals surface area contributed by atoms with Crippen LogP contribution < -0.4 is 9.46 Å². The molecule has 1 unspecified atom stereocenters. The highest BCUT2D eigenvalue weighted by molar-refractivity contribution is 7.90. The molecule has 18 heavy (non-hydrogen) atoms. The molecule has 0 saturated carbocycles. The molecule has 1 N–H and O–H groups in total. The normalized spacial score (nSPS) is 13.6. The molecule has 0 amide bonds. The SMILES string of the molecule is CC(C)Oc1ccccc1C(C)NS(=O)(=O)CCl. The summed E-state index contributed by atoms with van der Waals surface area (Å²) in [4.78, 5) is 0. The number of para-hydroxylation sites is 1. The van der Waals surface area contributed by atoms with E-state index in [4.69, 9.17) is 16.3 Å². The van der Waals surface area contributed by atoms with Crippen molar-refractivity contribution in [2.45, 2.75) is 32.9 Å². The second-order valence-corrected chi connectivity index (χ2v) is 6.61. The average molecular weight is 292 g/mol. The van der Waals surface area contributed by atoms with E-state index in [1.54, 1.807) is 6.92 Å². The van der Waals surface area contributed by atoms with Crippen molar-refractivity contribution in [2.24, 2.45) is 0 Å². The molecule has 1 aromatic carbocycles. The third kappa shape index (κ3) is 4.48. The third-order valence-electron chi connectivity index (χ3n) is 2.25. The summed E-state index contributed by atoms with van der Waals surface area (Å²) in [6, 6.07) is 6.96. The van der Waals surface area contributed by atoms with E-state index in [0.717, 1.165) is 5.56 Å². The van der Waals surface area contributed by atoms with Gasteiger partial charge in [0.1, 0.15) is 11.0 Å². The lowest BCUT2D eigenvalue weighted by Crippen LogP contribution is -2.28. The highest BCUT2D eigenvalue weighted by atomic mass is 35.5. The Labute approximate surface area is 113 Å². The van der Waals surface area contributed by atoms with E-state index in [0.29, 0.717) is 5.75 Å². The van der Waals surface area contributed by atoms with Crippen molar-refractivity contribution in [3.05, 3.63) is 29.8 Å². The fraction of sp³-hybridized carbons (Fsp3) is 0.500. The van der Waals surface area contributed by atoms with Crippen molar-refractivity contribution in [1.82, 2.24) is 4.72 Å². The summed E-state index contributed by atoms with van der Waals surface area (Å²) in [7, 11) is -3.45. The number of sulfonamides is 1. The topological polar surface area (TPSA) is 55.4 Å². The predicted molar refractivity (Wildman–Crippen MR) is 73.4 cm³/mol. The number of hydrogen-bond donors (Lipinski definition) is 1. The Balaban J connectivity index is 2.95. The van der Waals surface area contributed by atoms with Crippen molar-refractivity contribution in [3.8, 4) is 5.75 Å². The Morgan fingerprint density at radius 3 is 2.44 bits per heavy atom. The Hall–Kier alpha value is -0.780. The van der Waals surface area contributed by atoms with E-state index in [-0.39, 0.29) is 12.1 Å². The fourth-order valence-electron chi connectivity index (χ4n) is 1.56. The zero-order valence-corrected chi connectivity index (χ0v) is 12.3. The molecule has 1 rings (SSSR count). The van der Waals surface area contributed by atoms with Crippen LogP contribution in [-0.4, -0.2) is 19.7 Å². The van der Waals surface area contributed by atoms with Crippen LogP contribution in [0.5, 0.6) is 5.75 Å². The lowest BCUT2D eigenvalue weighted by atomic mass is 10.1. The molecule has 0 aliphatic rings. The molecule has 0 aromatic heterocycles. The molecular formula is C12H18ClNO3S. The van der Waals surface area contributed by atoms with E-state index in [9.17, 15) is 8.42 Å². The molecule has 0 radical (unpaired) electrons. The summed E-state index contributed by atoms with van der Waals surface area (Å²) in [5.41, 5.74) is 0.792. The van der Waals surface area contributed by atoms with Crippen LogP contribution in [0.15, 0.2) is 24.3 Å². The molecule has 0 aliphatic heterocycles. The van der Waals surface area contributed by atoms with Gasteiger partial charge in [-0.3, -0.25) is 0 Å². The van der Waals surface area contributed by atoms with Gasteiger partial charge in [0.05, 0.1) is 6.10 Å². The second kappa shape index (κ2) is 6.41. The quantitative estimate of drug-likeness (QED) is 0.820. The van der Waals surface area contributed by atoms with Crippen molar-refractivity contribution < 1.29 is 13.2 Å². The van der Waals surface area contributed by atoms with Crippen molar-refractivity contribution in [3.63, 3.8) is 0 Å². The van der Waals surface area contributed by atoms with E-state index < -0.39 is 15.2 Å². The van der Waals surface area contributed by atoms with Crippen molar-refractivity contribution >= 4 is 21.6 Å². The first-order chi connectivity index (χ1) is 8.35. The first kappa shape index (κ1) is 15.3. The van der Waals surface area contributed by atoms with Gasteiger partial charge in [-0.2, -0.15) is 0 Å². The molecule has 0 saturated heterocycles. The molecule has 0 heterocycles. The second-order valence-electron chi connectivity index (χ2n) is 4.27. The minimum Gasteiger partial charge on any atom is -0.491 e. The van der Waals surface area contributed by atoms with E-state index in [1.165, 1.54) is 0 Å². The van der Waals surface area contributed by atoms with E-state index in [1.807, 2.05) is 38.1 Å². The number of benzene rings is 1. The number of alkyl halides is 1. The van der Waals surface area contributed by atoms with Gasteiger partial charge in [-0.1, -0.05) is 18.2 Å². The molecule has 4 nitrogen and oxygen atoms in total. The number of rotatable bonds is 6. The van der Waals surface area contributed by atoms with Gasteiger partial charge in [-0.05, 0) is 26.8 Å². The van der Waals surface area contributed by atoms with Gasteiger partial charge in [0, 0.05) is 11.6 Å². The smallest absolute Gasteiger partial charge is 0.226 e. The largest absolute Gasteiger partial charge is 0.491 e. The Morgan fingerprint density at radius 2 is 1.89 bits per heavy atom. The van der Waals surface area contributed by atoms with Crippen LogP contribution in [0.25, 0.3) is 0 Å². The van der Waals surface area contributed by atoms with Crippen LogP contribution in [0.1, 0.15) is 32.4 Å². The standard InChI is InChI=1S/C12H18ClNO3S/c1-9(2)17-12-7-5-4-6-11(12)10(3)14-18(15,16)8-13/h4-7,9-10,14H,8H2,1-3H3. The molecule has 1 aromatic rings. The maximum Gasteiger partial charge on any atom is 0.226 e. The van der Waals surface area contributed by atoms with Gasteiger partial charge in [0.15, 0.2) is 0 Å². The molecule has 6 heteroatoms. The molecule has 0 fully saturated rings. The van der Waals surface area contributed by atoms with Crippen LogP contribution in [0.2, 0.25) is 0 Å². The molecule has 0 spiro atoms. The predicted octanol–water partition coefficient (Wildman–Crippen LogP) is 2.65. The van der Waals surface area contributed by atoms with Crippen LogP contribution in [0, 0.1) is 0 Å². The molecule has 1 atom stereocenters. The monoisotopic (exact) mass is 291 g/mol. The summed E-state index contributed by atoms with van der Waals surface area (Å²) < 4.78 is 31.0. The summed E-state index contributed by atoms with van der Waals surface area (Å²) in [6.45, 7) is 5.60. The van der Waals surface area contributed by atoms with Crippen molar-refractivity contribution in [1.29, 1.82) is 0 Å². The fourth-order valence-corrected chi connectivity index (χ4v) is 2.48. The zero-order valence-electron chi connectivity index (χ0n) is 10.7. The molecular weight excluding hydrogens is 274 g/mol. The molecule has 0 bridgehead atoms. The highest BCUT2D eigenvalue weighted by Crippen LogP contribution is 2.26. The van der Waals surface area contributed by atoms with Gasteiger partial charge < -0.3 is 4.74 Å². The van der Waals surface area contributed by atoms with E-state index in [2.05, 4.69) is 4.72 Å². The highest BCUT2D eigenvalue weighted by Gasteiger charge is 2.17. The van der Waals surface area contributed by atoms with Gasteiger partial charge in [-0.15, -0.1) is 11.6 Å². The van der Waals surface area contributed by atoms with Crippen molar-refractivity contribution in [2.75, 3.05) is 5.21 Å². The Morgan fingerprint density at radius 1 is 1.28 bits per heavy atom. The van der Waals surface area contributed by atoms with Gasteiger partial charge >= 0.3 is 0 Å². The minimum atomic E-state index is -3.45. The number of ether oxygens (including phenoxy) is 1. The number of halogens is 1. The van der Waals surface area contributed by atoms with Crippen LogP contribution in [-0.2, 0) is 10.0 Å². The zero-order chi connectivity index (χ0) is 13.8. The van der Waals surface area contributed by atoms with Crippen LogP contribution >= 0.6 is 11.6 Å². The van der Waals surface area contributed by atoms with E-state index >= 15 is 0 Å². The van der Waals surface area contributed by atoms with Gasteiger partial charge in [0.25, 0.3) is 0 Å². The lowest BCUT2D eigenvalue weighted by Gasteiger charge is -2.19. The van der Waals surface area contributed by atoms with Gasteiger partial charge in [0.2, 0.25) is 10.0 Å². The minimum absolute atomic E-state index is 0.0305. The lowest BCUT2D eigenvalue weighted by molar-refractivity contribution is 0.238. The number of nitrogens with one attached hydrogen (secondary N) is 1. The summed E-state index contributed by atoms with van der Waals surface area (Å²) in [5.74, 6) is 0.678. The first-order valence-corrected chi connectivity index (χ1v) is 7.86. The first-order valence-electron chi connectivity index (χ1n) is 5.67. The number of hydrogen-bond acceptors (Lipinski definition) is 3. The summed E-state index contributed by atoms with van der Waals surface area (Å²) >= 11 is 5.37. The van der Waals surface area contributed by atoms with Gasteiger partial charge in [-0.25, -0.2) is 13.1 Å². The maximum atomic E-state index is 11.4. The summed E-state index contributed by atoms with van der Waals surface area (Å²) in [5, 5.41) is -0.454. The summed E-state index contributed by atoms with van der Waals surface area (Å²) in [6.07, 6.45) is 0.0305. The molecule has 102 valence electrons. The Bertz CT molecular complexity index is 488. The van der Waals surface area contributed by atoms with Crippen LogP contribution in [0.3, 0.4) is 0 Å². The average Bonchev–Trinajstić information content (AvgIpc) is 2.28. The van der Waals surface area contributed by atoms with Crippen LogP contribution in [0.4, 0.5) is 0 Å².